The van der Waals surface area contributed by atoms with Gasteiger partial charge in [-0.25, -0.2) is 0 Å². The predicted octanol–water partition coefficient (Wildman–Crippen LogP) is 3.68. The third-order valence-electron chi connectivity index (χ3n) is 4.17. The molecule has 3 rings (SSSR count). The van der Waals surface area contributed by atoms with Gasteiger partial charge in [-0.2, -0.15) is 0 Å². The van der Waals surface area contributed by atoms with Crippen molar-refractivity contribution in [2.45, 2.75) is 26.2 Å². The SMILES string of the molecule is Cc1c(C(=O)N2CCCCC2)cncc1-c1ccccc1. The molecule has 1 amide bonds. The Bertz CT molecular complexity index is 631. The molecule has 0 saturated carbocycles. The third kappa shape index (κ3) is 2.82. The van der Waals surface area contributed by atoms with Gasteiger partial charge >= 0.3 is 0 Å². The smallest absolute Gasteiger partial charge is 0.255 e. The van der Waals surface area contributed by atoms with Crippen molar-refractivity contribution in [1.82, 2.24) is 9.88 Å². The second-order valence-corrected chi connectivity index (χ2v) is 5.58. The molecule has 1 aliphatic rings. The van der Waals surface area contributed by atoms with Gasteiger partial charge in [0.15, 0.2) is 0 Å². The second-order valence-electron chi connectivity index (χ2n) is 5.58. The number of carbonyl (C=O) groups excluding carboxylic acids is 1. The summed E-state index contributed by atoms with van der Waals surface area (Å²) in [7, 11) is 0. The van der Waals surface area contributed by atoms with Crippen LogP contribution in [-0.4, -0.2) is 28.9 Å². The van der Waals surface area contributed by atoms with Crippen molar-refractivity contribution in [1.29, 1.82) is 0 Å². The van der Waals surface area contributed by atoms with Crippen LogP contribution in [0.5, 0.6) is 0 Å². The Kier molecular flexibility index (Phi) is 4.00. The Balaban J connectivity index is 1.95. The molecular weight excluding hydrogens is 260 g/mol. The van der Waals surface area contributed by atoms with Gasteiger partial charge in [0.1, 0.15) is 0 Å². The van der Waals surface area contributed by atoms with Crippen LogP contribution in [0.1, 0.15) is 35.2 Å². The van der Waals surface area contributed by atoms with E-state index in [1.54, 1.807) is 6.20 Å². The molecule has 2 aromatic rings. The van der Waals surface area contributed by atoms with Gasteiger partial charge in [0.25, 0.3) is 5.91 Å². The Hall–Kier alpha value is -2.16. The number of piperidine rings is 1. The van der Waals surface area contributed by atoms with E-state index in [0.29, 0.717) is 0 Å². The molecule has 1 fully saturated rings. The summed E-state index contributed by atoms with van der Waals surface area (Å²) in [5.74, 6) is 0.123. The van der Waals surface area contributed by atoms with Crippen LogP contribution >= 0.6 is 0 Å². The van der Waals surface area contributed by atoms with Crippen LogP contribution in [0, 0.1) is 6.92 Å². The molecule has 108 valence electrons. The Morgan fingerprint density at radius 2 is 1.76 bits per heavy atom. The fraction of sp³-hybridized carbons (Fsp3) is 0.333. The zero-order chi connectivity index (χ0) is 14.7. The summed E-state index contributed by atoms with van der Waals surface area (Å²) in [5.41, 5.74) is 3.90. The number of aromatic nitrogens is 1. The summed E-state index contributed by atoms with van der Waals surface area (Å²) >= 11 is 0. The van der Waals surface area contributed by atoms with Crippen molar-refractivity contribution in [2.24, 2.45) is 0 Å². The van der Waals surface area contributed by atoms with E-state index in [1.165, 1.54) is 6.42 Å². The number of hydrogen-bond acceptors (Lipinski definition) is 2. The molecule has 0 atom stereocenters. The summed E-state index contributed by atoms with van der Waals surface area (Å²) in [6.45, 7) is 3.75. The number of hydrogen-bond donors (Lipinski definition) is 0. The van der Waals surface area contributed by atoms with Crippen LogP contribution in [0.3, 0.4) is 0 Å². The van der Waals surface area contributed by atoms with Gasteiger partial charge in [0, 0.05) is 31.0 Å². The van der Waals surface area contributed by atoms with Crippen molar-refractivity contribution in [3.05, 3.63) is 53.9 Å². The first-order valence-electron chi connectivity index (χ1n) is 7.56. The minimum Gasteiger partial charge on any atom is -0.339 e. The number of rotatable bonds is 2. The highest BCUT2D eigenvalue weighted by atomic mass is 16.2. The lowest BCUT2D eigenvalue weighted by atomic mass is 9.98. The molecule has 1 saturated heterocycles. The van der Waals surface area contributed by atoms with Crippen molar-refractivity contribution in [3.8, 4) is 11.1 Å². The van der Waals surface area contributed by atoms with Crippen LogP contribution < -0.4 is 0 Å². The highest BCUT2D eigenvalue weighted by molar-refractivity contribution is 5.97. The summed E-state index contributed by atoms with van der Waals surface area (Å²) in [4.78, 5) is 18.9. The Morgan fingerprint density at radius 3 is 2.48 bits per heavy atom. The molecule has 0 bridgehead atoms. The molecule has 1 aliphatic heterocycles. The highest BCUT2D eigenvalue weighted by Crippen LogP contribution is 2.25. The van der Waals surface area contributed by atoms with Crippen LogP contribution in [0.4, 0.5) is 0 Å². The van der Waals surface area contributed by atoms with Crippen molar-refractivity contribution in [3.63, 3.8) is 0 Å². The van der Waals surface area contributed by atoms with E-state index in [4.69, 9.17) is 0 Å². The third-order valence-corrected chi connectivity index (χ3v) is 4.17. The number of nitrogens with zero attached hydrogens (tertiary/aromatic N) is 2. The lowest BCUT2D eigenvalue weighted by Gasteiger charge is -2.27. The first-order valence-corrected chi connectivity index (χ1v) is 7.56. The monoisotopic (exact) mass is 280 g/mol. The maximum absolute atomic E-state index is 12.7. The topological polar surface area (TPSA) is 33.2 Å². The predicted molar refractivity (Wildman–Crippen MR) is 84.2 cm³/mol. The van der Waals surface area contributed by atoms with Crippen LogP contribution in [0.25, 0.3) is 11.1 Å². The molecule has 0 radical (unpaired) electrons. The number of benzene rings is 1. The first-order chi connectivity index (χ1) is 10.3. The summed E-state index contributed by atoms with van der Waals surface area (Å²) in [6.07, 6.45) is 6.99. The number of amides is 1. The van der Waals surface area contributed by atoms with Crippen molar-refractivity contribution in [2.75, 3.05) is 13.1 Å². The first kappa shape index (κ1) is 13.8. The molecule has 1 aromatic heterocycles. The number of carbonyl (C=O) groups is 1. The fourth-order valence-corrected chi connectivity index (χ4v) is 2.92. The lowest BCUT2D eigenvalue weighted by Crippen LogP contribution is -2.36. The average molecular weight is 280 g/mol. The van der Waals surface area contributed by atoms with Gasteiger partial charge in [-0.1, -0.05) is 30.3 Å². The number of pyridine rings is 1. The molecule has 0 unspecified atom stereocenters. The largest absolute Gasteiger partial charge is 0.339 e. The van der Waals surface area contributed by atoms with Crippen molar-refractivity contribution < 1.29 is 4.79 Å². The van der Waals surface area contributed by atoms with E-state index < -0.39 is 0 Å². The maximum atomic E-state index is 12.7. The molecule has 0 aliphatic carbocycles. The summed E-state index contributed by atoms with van der Waals surface area (Å²) in [5, 5.41) is 0. The molecule has 3 nitrogen and oxygen atoms in total. The maximum Gasteiger partial charge on any atom is 0.255 e. The minimum atomic E-state index is 0.123. The fourth-order valence-electron chi connectivity index (χ4n) is 2.92. The molecule has 3 heteroatoms. The number of likely N-dealkylation sites (tertiary alicyclic amines) is 1. The van der Waals surface area contributed by atoms with E-state index >= 15 is 0 Å². The van der Waals surface area contributed by atoms with Gasteiger partial charge in [-0.15, -0.1) is 0 Å². The van der Waals surface area contributed by atoms with E-state index in [-0.39, 0.29) is 5.91 Å². The molecule has 2 heterocycles. The van der Waals surface area contributed by atoms with Gasteiger partial charge in [0.2, 0.25) is 0 Å². The van der Waals surface area contributed by atoms with Gasteiger partial charge in [0.05, 0.1) is 5.56 Å². The normalized spacial score (nSPS) is 15.0. The lowest BCUT2D eigenvalue weighted by molar-refractivity contribution is 0.0723. The van der Waals surface area contributed by atoms with E-state index in [0.717, 1.165) is 48.2 Å². The van der Waals surface area contributed by atoms with Crippen molar-refractivity contribution >= 4 is 5.91 Å². The van der Waals surface area contributed by atoms with Crippen LogP contribution in [0.15, 0.2) is 42.7 Å². The summed E-state index contributed by atoms with van der Waals surface area (Å²) < 4.78 is 0. The van der Waals surface area contributed by atoms with Gasteiger partial charge in [-0.05, 0) is 37.3 Å². The van der Waals surface area contributed by atoms with Gasteiger partial charge in [-0.3, -0.25) is 9.78 Å². The van der Waals surface area contributed by atoms with E-state index in [9.17, 15) is 4.79 Å². The average Bonchev–Trinajstić information content (AvgIpc) is 2.56. The molecule has 21 heavy (non-hydrogen) atoms. The van der Waals surface area contributed by atoms with Crippen LogP contribution in [-0.2, 0) is 0 Å². The molecular formula is C18H20N2O. The zero-order valence-electron chi connectivity index (χ0n) is 12.4. The van der Waals surface area contributed by atoms with Crippen LogP contribution in [0.2, 0.25) is 0 Å². The van der Waals surface area contributed by atoms with Gasteiger partial charge < -0.3 is 4.90 Å². The van der Waals surface area contributed by atoms with E-state index in [2.05, 4.69) is 17.1 Å². The molecule has 1 aromatic carbocycles. The molecule has 0 N–H and O–H groups in total. The second kappa shape index (κ2) is 6.08. The Labute approximate surface area is 125 Å². The minimum absolute atomic E-state index is 0.123. The zero-order valence-corrected chi connectivity index (χ0v) is 12.4. The summed E-state index contributed by atoms with van der Waals surface area (Å²) in [6, 6.07) is 10.1. The van der Waals surface area contributed by atoms with E-state index in [1.807, 2.05) is 36.2 Å². The standard InChI is InChI=1S/C18H20N2O/c1-14-16(15-8-4-2-5-9-15)12-19-13-17(14)18(21)20-10-6-3-7-11-20/h2,4-5,8-9,12-13H,3,6-7,10-11H2,1H3. The highest BCUT2D eigenvalue weighted by Gasteiger charge is 2.21. The molecule has 0 spiro atoms. The quantitative estimate of drug-likeness (QED) is 0.840. The Morgan fingerprint density at radius 1 is 1.05 bits per heavy atom.